The third-order valence-electron chi connectivity index (χ3n) is 3.40. The first-order chi connectivity index (χ1) is 11.2. The van der Waals surface area contributed by atoms with E-state index in [1.807, 2.05) is 0 Å². The Balaban J connectivity index is 2.03. The number of carbonyl (C=O) groups is 1. The van der Waals surface area contributed by atoms with E-state index in [0.717, 1.165) is 0 Å². The Labute approximate surface area is 139 Å². The molecule has 0 aliphatic heterocycles. The van der Waals surface area contributed by atoms with Crippen molar-refractivity contribution in [1.29, 1.82) is 0 Å². The number of hydrogen-bond donors (Lipinski definition) is 3. The van der Waals surface area contributed by atoms with Crippen LogP contribution >= 0.6 is 0 Å². The zero-order chi connectivity index (χ0) is 17.9. The molecule has 0 saturated carbocycles. The average Bonchev–Trinajstić information content (AvgIpc) is 2.49. The summed E-state index contributed by atoms with van der Waals surface area (Å²) in [6.45, 7) is 3.40. The van der Waals surface area contributed by atoms with E-state index in [9.17, 15) is 17.6 Å². The van der Waals surface area contributed by atoms with Crippen molar-refractivity contribution in [1.82, 2.24) is 0 Å². The van der Waals surface area contributed by atoms with E-state index in [-0.39, 0.29) is 16.6 Å². The predicted molar refractivity (Wildman–Crippen MR) is 90.7 cm³/mol. The van der Waals surface area contributed by atoms with Crippen molar-refractivity contribution >= 4 is 27.3 Å². The number of anilines is 2. The van der Waals surface area contributed by atoms with Gasteiger partial charge in [-0.2, -0.15) is 0 Å². The zero-order valence-corrected chi connectivity index (χ0v) is 14.0. The van der Waals surface area contributed by atoms with Crippen molar-refractivity contribution in [2.24, 2.45) is 5.14 Å². The van der Waals surface area contributed by atoms with Gasteiger partial charge in [0.2, 0.25) is 15.9 Å². The van der Waals surface area contributed by atoms with Crippen LogP contribution in [0.5, 0.6) is 0 Å². The molecule has 0 spiro atoms. The SMILES string of the molecule is Cc1cc(F)ccc1N[C@H](C)C(=O)Nc1ccc(S(N)(=O)=O)cc1. The number of rotatable bonds is 5. The van der Waals surface area contributed by atoms with E-state index < -0.39 is 16.1 Å². The molecule has 1 amide bonds. The number of carbonyl (C=O) groups excluding carboxylic acids is 1. The molecule has 0 bridgehead atoms. The molecule has 0 saturated heterocycles. The number of hydrogen-bond acceptors (Lipinski definition) is 4. The number of sulfonamides is 1. The van der Waals surface area contributed by atoms with Gasteiger partial charge in [-0.1, -0.05) is 0 Å². The van der Waals surface area contributed by atoms with Crippen LogP contribution in [0.4, 0.5) is 15.8 Å². The molecule has 0 radical (unpaired) electrons. The average molecular weight is 351 g/mol. The maximum atomic E-state index is 13.1. The van der Waals surface area contributed by atoms with Crippen LogP contribution in [0.3, 0.4) is 0 Å². The highest BCUT2D eigenvalue weighted by molar-refractivity contribution is 7.89. The van der Waals surface area contributed by atoms with Crippen molar-refractivity contribution in [3.8, 4) is 0 Å². The van der Waals surface area contributed by atoms with Gasteiger partial charge < -0.3 is 10.6 Å². The number of halogens is 1. The molecule has 0 aromatic heterocycles. The second-order valence-corrected chi connectivity index (χ2v) is 6.95. The standard InChI is InChI=1S/C16H18FN3O3S/c1-10-9-12(17)3-8-15(10)19-11(2)16(21)20-13-4-6-14(7-5-13)24(18,22)23/h3-9,11,19H,1-2H3,(H,20,21)(H2,18,22,23)/t11-/m1/s1. The summed E-state index contributed by atoms with van der Waals surface area (Å²) in [5, 5.41) is 10.7. The Hall–Kier alpha value is -2.45. The van der Waals surface area contributed by atoms with E-state index in [2.05, 4.69) is 10.6 Å². The molecule has 0 heterocycles. The van der Waals surface area contributed by atoms with E-state index in [4.69, 9.17) is 5.14 Å². The quantitative estimate of drug-likeness (QED) is 0.769. The van der Waals surface area contributed by atoms with E-state index >= 15 is 0 Å². The number of nitrogens with one attached hydrogen (secondary N) is 2. The van der Waals surface area contributed by atoms with Gasteiger partial charge in [-0.25, -0.2) is 17.9 Å². The third-order valence-corrected chi connectivity index (χ3v) is 4.33. The molecule has 0 unspecified atom stereocenters. The summed E-state index contributed by atoms with van der Waals surface area (Å²) < 4.78 is 35.5. The normalized spacial score (nSPS) is 12.5. The van der Waals surface area contributed by atoms with Crippen LogP contribution in [0, 0.1) is 12.7 Å². The van der Waals surface area contributed by atoms with E-state index in [1.165, 1.54) is 36.4 Å². The molecular formula is C16H18FN3O3S. The van der Waals surface area contributed by atoms with Gasteiger partial charge in [0.25, 0.3) is 0 Å². The maximum absolute atomic E-state index is 13.1. The molecule has 2 aromatic rings. The van der Waals surface area contributed by atoms with Gasteiger partial charge in [0.15, 0.2) is 0 Å². The first-order valence-corrected chi connectivity index (χ1v) is 8.68. The van der Waals surface area contributed by atoms with Crippen LogP contribution in [0.15, 0.2) is 47.4 Å². The summed E-state index contributed by atoms with van der Waals surface area (Å²) in [5.74, 6) is -0.660. The van der Waals surface area contributed by atoms with Crippen molar-refractivity contribution in [2.45, 2.75) is 24.8 Å². The van der Waals surface area contributed by atoms with E-state index in [1.54, 1.807) is 19.9 Å². The van der Waals surface area contributed by atoms with Crippen molar-refractivity contribution in [3.63, 3.8) is 0 Å². The lowest BCUT2D eigenvalue weighted by Gasteiger charge is -2.17. The van der Waals surface area contributed by atoms with Crippen molar-refractivity contribution < 1.29 is 17.6 Å². The number of benzene rings is 2. The minimum Gasteiger partial charge on any atom is -0.374 e. The van der Waals surface area contributed by atoms with Gasteiger partial charge in [-0.15, -0.1) is 0 Å². The Kier molecular flexibility index (Phi) is 5.20. The van der Waals surface area contributed by atoms with Gasteiger partial charge in [0, 0.05) is 11.4 Å². The number of nitrogens with two attached hydrogens (primary N) is 1. The molecule has 4 N–H and O–H groups in total. The Morgan fingerprint density at radius 3 is 2.33 bits per heavy atom. The Morgan fingerprint density at radius 1 is 1.17 bits per heavy atom. The summed E-state index contributed by atoms with van der Waals surface area (Å²) in [4.78, 5) is 12.2. The van der Waals surface area contributed by atoms with Gasteiger partial charge in [-0.3, -0.25) is 4.79 Å². The highest BCUT2D eigenvalue weighted by Gasteiger charge is 2.14. The van der Waals surface area contributed by atoms with Crippen LogP contribution < -0.4 is 15.8 Å². The molecule has 0 aliphatic rings. The van der Waals surface area contributed by atoms with Crippen LogP contribution in [-0.2, 0) is 14.8 Å². The van der Waals surface area contributed by atoms with Gasteiger partial charge in [-0.05, 0) is 61.9 Å². The molecule has 6 nitrogen and oxygen atoms in total. The van der Waals surface area contributed by atoms with Gasteiger partial charge >= 0.3 is 0 Å². The second kappa shape index (κ2) is 6.98. The molecular weight excluding hydrogens is 333 g/mol. The monoisotopic (exact) mass is 351 g/mol. The van der Waals surface area contributed by atoms with Crippen LogP contribution in [0.25, 0.3) is 0 Å². The van der Waals surface area contributed by atoms with Gasteiger partial charge in [0.05, 0.1) is 4.90 Å². The summed E-state index contributed by atoms with van der Waals surface area (Å²) in [5.41, 5.74) is 1.78. The zero-order valence-electron chi connectivity index (χ0n) is 13.2. The summed E-state index contributed by atoms with van der Waals surface area (Å²) in [7, 11) is -3.77. The Bertz CT molecular complexity index is 851. The Morgan fingerprint density at radius 2 is 1.79 bits per heavy atom. The van der Waals surface area contributed by atoms with Gasteiger partial charge in [0.1, 0.15) is 11.9 Å². The number of aryl methyl sites for hydroxylation is 1. The maximum Gasteiger partial charge on any atom is 0.246 e. The van der Waals surface area contributed by atoms with E-state index in [0.29, 0.717) is 16.9 Å². The minimum absolute atomic E-state index is 0.0337. The lowest BCUT2D eigenvalue weighted by molar-refractivity contribution is -0.116. The molecule has 0 fully saturated rings. The summed E-state index contributed by atoms with van der Waals surface area (Å²) in [6.07, 6.45) is 0. The fourth-order valence-electron chi connectivity index (χ4n) is 2.07. The number of amides is 1. The fraction of sp³-hybridized carbons (Fsp3) is 0.188. The third kappa shape index (κ3) is 4.53. The highest BCUT2D eigenvalue weighted by Crippen LogP contribution is 2.18. The molecule has 8 heteroatoms. The van der Waals surface area contributed by atoms with Crippen molar-refractivity contribution in [3.05, 3.63) is 53.8 Å². The molecule has 2 aromatic carbocycles. The fourth-order valence-corrected chi connectivity index (χ4v) is 2.58. The van der Waals surface area contributed by atoms with Crippen molar-refractivity contribution in [2.75, 3.05) is 10.6 Å². The topological polar surface area (TPSA) is 101 Å². The largest absolute Gasteiger partial charge is 0.374 e. The molecule has 2 rings (SSSR count). The molecule has 0 aliphatic carbocycles. The lowest BCUT2D eigenvalue weighted by Crippen LogP contribution is -2.32. The van der Waals surface area contributed by atoms with Crippen LogP contribution in [0.1, 0.15) is 12.5 Å². The first-order valence-electron chi connectivity index (χ1n) is 7.13. The molecule has 1 atom stereocenters. The molecule has 128 valence electrons. The summed E-state index contributed by atoms with van der Waals surface area (Å²) >= 11 is 0. The first kappa shape index (κ1) is 17.9. The smallest absolute Gasteiger partial charge is 0.246 e. The molecule has 24 heavy (non-hydrogen) atoms. The van der Waals surface area contributed by atoms with Crippen LogP contribution in [0.2, 0.25) is 0 Å². The lowest BCUT2D eigenvalue weighted by atomic mass is 10.1. The summed E-state index contributed by atoms with van der Waals surface area (Å²) in [6, 6.07) is 9.20. The second-order valence-electron chi connectivity index (χ2n) is 5.38. The van der Waals surface area contributed by atoms with Crippen LogP contribution in [-0.4, -0.2) is 20.4 Å². The number of primary sulfonamides is 1. The highest BCUT2D eigenvalue weighted by atomic mass is 32.2. The minimum atomic E-state index is -3.77. The predicted octanol–water partition coefficient (Wildman–Crippen LogP) is 2.22.